The summed E-state index contributed by atoms with van der Waals surface area (Å²) in [6.45, 7) is 5.94. The van der Waals surface area contributed by atoms with Crippen LogP contribution in [0.15, 0.2) is 72.4 Å². The third-order valence-corrected chi connectivity index (χ3v) is 5.40. The van der Waals surface area contributed by atoms with E-state index >= 15 is 0 Å². The lowest BCUT2D eigenvalue weighted by molar-refractivity contribution is -0.120. The predicted octanol–water partition coefficient (Wildman–Crippen LogP) is 5.66. The second kappa shape index (κ2) is 7.81. The average molecular weight is 417 g/mol. The Kier molecular flexibility index (Phi) is 5.18. The molecule has 3 aromatic rings. The van der Waals surface area contributed by atoms with Gasteiger partial charge in [-0.05, 0) is 62.2 Å². The highest BCUT2D eigenvalue weighted by molar-refractivity contribution is 6.46. The Morgan fingerprint density at radius 1 is 0.767 bits per heavy atom. The minimum Gasteiger partial charge on any atom is -0.350 e. The van der Waals surface area contributed by atoms with Crippen LogP contribution in [0, 0.1) is 20.8 Å². The highest BCUT2D eigenvalue weighted by atomic mass is 35.5. The predicted molar refractivity (Wildman–Crippen MR) is 122 cm³/mol. The summed E-state index contributed by atoms with van der Waals surface area (Å²) in [5, 5.41) is 3.79. The third kappa shape index (κ3) is 3.62. The summed E-state index contributed by atoms with van der Waals surface area (Å²) in [7, 11) is 0. The number of aryl methyl sites for hydroxylation is 3. The zero-order chi connectivity index (χ0) is 21.4. The van der Waals surface area contributed by atoms with Crippen LogP contribution in [0.4, 0.5) is 11.4 Å². The van der Waals surface area contributed by atoms with Crippen LogP contribution in [0.3, 0.4) is 0 Å². The number of hydrogen-bond acceptors (Lipinski definition) is 3. The molecular formula is C25H21ClN2O2. The standard InChI is InChI=1S/C25H21ClN2O2/c1-15-4-11-20(12-5-15)28-24(29)22(18-7-9-19(26)10-8-18)23(25(28)30)27-21-13-6-16(2)14-17(21)3/h4-14,27H,1-3H3. The first kappa shape index (κ1) is 19.9. The van der Waals surface area contributed by atoms with Gasteiger partial charge in [0.05, 0.1) is 11.3 Å². The quantitative estimate of drug-likeness (QED) is 0.558. The van der Waals surface area contributed by atoms with Crippen molar-refractivity contribution in [1.82, 2.24) is 0 Å². The van der Waals surface area contributed by atoms with Gasteiger partial charge in [0.25, 0.3) is 11.8 Å². The first-order valence-corrected chi connectivity index (χ1v) is 10.0. The zero-order valence-electron chi connectivity index (χ0n) is 17.0. The van der Waals surface area contributed by atoms with Crippen molar-refractivity contribution >= 4 is 40.4 Å². The van der Waals surface area contributed by atoms with Crippen LogP contribution in [0.25, 0.3) is 5.57 Å². The number of nitrogens with one attached hydrogen (secondary N) is 1. The molecular weight excluding hydrogens is 396 g/mol. The van der Waals surface area contributed by atoms with Gasteiger partial charge in [-0.15, -0.1) is 0 Å². The average Bonchev–Trinajstić information content (AvgIpc) is 2.95. The van der Waals surface area contributed by atoms with E-state index in [0.717, 1.165) is 22.4 Å². The second-order valence-corrected chi connectivity index (χ2v) is 7.92. The number of benzene rings is 3. The van der Waals surface area contributed by atoms with E-state index < -0.39 is 0 Å². The molecule has 4 rings (SSSR count). The van der Waals surface area contributed by atoms with Gasteiger partial charge in [-0.3, -0.25) is 9.59 Å². The highest BCUT2D eigenvalue weighted by Crippen LogP contribution is 2.34. The Bertz CT molecular complexity index is 1180. The normalized spacial score (nSPS) is 13.9. The summed E-state index contributed by atoms with van der Waals surface area (Å²) >= 11 is 6.03. The van der Waals surface area contributed by atoms with Gasteiger partial charge in [-0.2, -0.15) is 0 Å². The molecule has 0 bridgehead atoms. The first-order valence-electron chi connectivity index (χ1n) is 9.65. The highest BCUT2D eigenvalue weighted by Gasteiger charge is 2.40. The molecule has 30 heavy (non-hydrogen) atoms. The Morgan fingerprint density at radius 3 is 2.03 bits per heavy atom. The van der Waals surface area contributed by atoms with Crippen LogP contribution in [0.1, 0.15) is 22.3 Å². The van der Waals surface area contributed by atoms with Crippen molar-refractivity contribution in [3.05, 3.63) is 99.7 Å². The van der Waals surface area contributed by atoms with E-state index in [0.29, 0.717) is 21.8 Å². The first-order chi connectivity index (χ1) is 14.3. The molecule has 0 fully saturated rings. The van der Waals surface area contributed by atoms with Crippen molar-refractivity contribution < 1.29 is 9.59 Å². The maximum atomic E-state index is 13.4. The topological polar surface area (TPSA) is 49.4 Å². The largest absolute Gasteiger partial charge is 0.350 e. The van der Waals surface area contributed by atoms with Crippen LogP contribution in [-0.2, 0) is 9.59 Å². The van der Waals surface area contributed by atoms with Gasteiger partial charge in [0, 0.05) is 10.7 Å². The number of halogens is 1. The lowest BCUT2D eigenvalue weighted by Gasteiger charge is -2.16. The van der Waals surface area contributed by atoms with E-state index in [1.807, 2.05) is 51.1 Å². The Labute approximate surface area is 180 Å². The van der Waals surface area contributed by atoms with Crippen molar-refractivity contribution in [2.45, 2.75) is 20.8 Å². The minimum atomic E-state index is -0.381. The van der Waals surface area contributed by atoms with Gasteiger partial charge in [0.1, 0.15) is 5.70 Å². The summed E-state index contributed by atoms with van der Waals surface area (Å²) in [6.07, 6.45) is 0. The zero-order valence-corrected chi connectivity index (χ0v) is 17.7. The van der Waals surface area contributed by atoms with E-state index in [-0.39, 0.29) is 17.5 Å². The summed E-state index contributed by atoms with van der Waals surface area (Å²) in [5.41, 5.74) is 5.73. The molecule has 0 aromatic heterocycles. The second-order valence-electron chi connectivity index (χ2n) is 7.48. The van der Waals surface area contributed by atoms with E-state index in [1.54, 1.807) is 36.4 Å². The van der Waals surface area contributed by atoms with Gasteiger partial charge in [-0.1, -0.05) is 59.1 Å². The molecule has 5 heteroatoms. The third-order valence-electron chi connectivity index (χ3n) is 5.15. The molecule has 4 nitrogen and oxygen atoms in total. The van der Waals surface area contributed by atoms with Crippen molar-refractivity contribution in [1.29, 1.82) is 0 Å². The lowest BCUT2D eigenvalue weighted by atomic mass is 10.0. The van der Waals surface area contributed by atoms with Crippen molar-refractivity contribution in [2.75, 3.05) is 10.2 Å². The van der Waals surface area contributed by atoms with Gasteiger partial charge in [-0.25, -0.2) is 4.90 Å². The summed E-state index contributed by atoms with van der Waals surface area (Å²) < 4.78 is 0. The SMILES string of the molecule is Cc1ccc(N2C(=O)C(Nc3ccc(C)cc3C)=C(c3ccc(Cl)cc3)C2=O)cc1. The fraction of sp³-hybridized carbons (Fsp3) is 0.120. The Morgan fingerprint density at radius 2 is 1.40 bits per heavy atom. The van der Waals surface area contributed by atoms with Crippen molar-refractivity contribution in [2.24, 2.45) is 0 Å². The van der Waals surface area contributed by atoms with Gasteiger partial charge < -0.3 is 5.32 Å². The molecule has 0 atom stereocenters. The smallest absolute Gasteiger partial charge is 0.282 e. The number of rotatable bonds is 4. The van der Waals surface area contributed by atoms with Crippen LogP contribution in [-0.4, -0.2) is 11.8 Å². The molecule has 0 saturated heterocycles. The summed E-state index contributed by atoms with van der Waals surface area (Å²) in [5.74, 6) is -0.743. The molecule has 3 aromatic carbocycles. The van der Waals surface area contributed by atoms with Gasteiger partial charge in [0.2, 0.25) is 0 Å². The van der Waals surface area contributed by atoms with Gasteiger partial charge in [0.15, 0.2) is 0 Å². The Balaban J connectivity index is 1.83. The number of amides is 2. The lowest BCUT2D eigenvalue weighted by Crippen LogP contribution is -2.32. The molecule has 0 spiro atoms. The molecule has 1 aliphatic rings. The number of nitrogens with zero attached hydrogens (tertiary/aromatic N) is 1. The maximum absolute atomic E-state index is 13.4. The molecule has 150 valence electrons. The van der Waals surface area contributed by atoms with E-state index in [9.17, 15) is 9.59 Å². The van der Waals surface area contributed by atoms with E-state index in [1.165, 1.54) is 4.90 Å². The molecule has 0 radical (unpaired) electrons. The molecule has 1 heterocycles. The molecule has 1 aliphatic heterocycles. The minimum absolute atomic E-state index is 0.259. The molecule has 0 unspecified atom stereocenters. The molecule has 0 aliphatic carbocycles. The van der Waals surface area contributed by atoms with Crippen LogP contribution in [0.2, 0.25) is 5.02 Å². The maximum Gasteiger partial charge on any atom is 0.282 e. The molecule has 1 N–H and O–H groups in total. The number of hydrogen-bond donors (Lipinski definition) is 1. The van der Waals surface area contributed by atoms with Crippen LogP contribution >= 0.6 is 11.6 Å². The molecule has 0 saturated carbocycles. The number of imide groups is 1. The fourth-order valence-electron chi connectivity index (χ4n) is 3.55. The number of carbonyl (C=O) groups is 2. The fourth-order valence-corrected chi connectivity index (χ4v) is 3.67. The van der Waals surface area contributed by atoms with Gasteiger partial charge >= 0.3 is 0 Å². The van der Waals surface area contributed by atoms with E-state index in [2.05, 4.69) is 5.32 Å². The number of anilines is 2. The van der Waals surface area contributed by atoms with E-state index in [4.69, 9.17) is 11.6 Å². The summed E-state index contributed by atoms with van der Waals surface area (Å²) in [4.78, 5) is 28.0. The van der Waals surface area contributed by atoms with Crippen LogP contribution < -0.4 is 10.2 Å². The monoisotopic (exact) mass is 416 g/mol. The number of carbonyl (C=O) groups excluding carboxylic acids is 2. The Hall–Kier alpha value is -3.37. The van der Waals surface area contributed by atoms with Crippen LogP contribution in [0.5, 0.6) is 0 Å². The summed E-state index contributed by atoms with van der Waals surface area (Å²) in [6, 6.07) is 20.2. The van der Waals surface area contributed by atoms with Crippen molar-refractivity contribution in [3.63, 3.8) is 0 Å². The van der Waals surface area contributed by atoms with Crippen molar-refractivity contribution in [3.8, 4) is 0 Å². The molecule has 2 amide bonds.